The summed E-state index contributed by atoms with van der Waals surface area (Å²) >= 11 is 0. The van der Waals surface area contributed by atoms with E-state index < -0.39 is 5.91 Å². The first kappa shape index (κ1) is 12.8. The van der Waals surface area contributed by atoms with Gasteiger partial charge in [-0.1, -0.05) is 0 Å². The Balaban J connectivity index is 3.06. The highest BCUT2D eigenvalue weighted by atomic mass is 16.5. The standard InChI is InChI=1S/C7H15N3O4/c8-3-7(12)10-5-14-2-1-13-4-6(9)11/h1-5,8H2,(H2,9,11)(H,10,12). The molecule has 5 N–H and O–H groups in total. The molecule has 0 radical (unpaired) electrons. The Kier molecular flexibility index (Phi) is 7.71. The van der Waals surface area contributed by atoms with Gasteiger partial charge in [-0.15, -0.1) is 0 Å². The number of rotatable bonds is 8. The zero-order valence-electron chi connectivity index (χ0n) is 7.82. The van der Waals surface area contributed by atoms with Gasteiger partial charge in [0.2, 0.25) is 11.8 Å². The minimum absolute atomic E-state index is 0.0679. The topological polar surface area (TPSA) is 117 Å². The van der Waals surface area contributed by atoms with Crippen molar-refractivity contribution in [1.29, 1.82) is 0 Å². The molecule has 0 heterocycles. The summed E-state index contributed by atoms with van der Waals surface area (Å²) in [6, 6.07) is 0. The molecule has 14 heavy (non-hydrogen) atoms. The third kappa shape index (κ3) is 8.91. The molecule has 0 aromatic heterocycles. The molecule has 0 atom stereocenters. The summed E-state index contributed by atoms with van der Waals surface area (Å²) in [5.74, 6) is -0.815. The van der Waals surface area contributed by atoms with Crippen LogP contribution in [0.5, 0.6) is 0 Å². The number of hydrogen-bond donors (Lipinski definition) is 3. The van der Waals surface area contributed by atoms with E-state index in [1.54, 1.807) is 0 Å². The molecule has 82 valence electrons. The average molecular weight is 205 g/mol. The highest BCUT2D eigenvalue weighted by Crippen LogP contribution is 1.76. The van der Waals surface area contributed by atoms with Gasteiger partial charge in [0.15, 0.2) is 0 Å². The van der Waals surface area contributed by atoms with Crippen LogP contribution in [0, 0.1) is 0 Å². The van der Waals surface area contributed by atoms with E-state index in [-0.39, 0.29) is 39.0 Å². The lowest BCUT2D eigenvalue weighted by atomic mass is 10.6. The zero-order valence-corrected chi connectivity index (χ0v) is 7.82. The van der Waals surface area contributed by atoms with Crippen molar-refractivity contribution in [3.05, 3.63) is 0 Å². The average Bonchev–Trinajstić information content (AvgIpc) is 2.15. The smallest absolute Gasteiger partial charge is 0.243 e. The van der Waals surface area contributed by atoms with Gasteiger partial charge in [0.25, 0.3) is 0 Å². The molecular formula is C7H15N3O4. The number of carbonyl (C=O) groups is 2. The Hall–Kier alpha value is -1.18. The first-order valence-electron chi connectivity index (χ1n) is 4.07. The maximum atomic E-state index is 10.6. The van der Waals surface area contributed by atoms with Gasteiger partial charge in [0.05, 0.1) is 19.8 Å². The summed E-state index contributed by atoms with van der Waals surface area (Å²) in [4.78, 5) is 20.8. The highest BCUT2D eigenvalue weighted by molar-refractivity contribution is 5.77. The van der Waals surface area contributed by atoms with Crippen LogP contribution in [0.15, 0.2) is 0 Å². The van der Waals surface area contributed by atoms with E-state index >= 15 is 0 Å². The van der Waals surface area contributed by atoms with Crippen molar-refractivity contribution in [3.8, 4) is 0 Å². The van der Waals surface area contributed by atoms with Crippen molar-refractivity contribution in [2.75, 3.05) is 33.1 Å². The number of amides is 2. The van der Waals surface area contributed by atoms with E-state index in [4.69, 9.17) is 20.9 Å². The van der Waals surface area contributed by atoms with Crippen LogP contribution in [0.1, 0.15) is 0 Å². The maximum absolute atomic E-state index is 10.6. The van der Waals surface area contributed by atoms with Crippen molar-refractivity contribution < 1.29 is 19.1 Å². The second kappa shape index (κ2) is 8.42. The predicted molar refractivity (Wildman–Crippen MR) is 48.0 cm³/mol. The third-order valence-electron chi connectivity index (χ3n) is 1.17. The molecule has 7 nitrogen and oxygen atoms in total. The molecule has 0 unspecified atom stereocenters. The van der Waals surface area contributed by atoms with E-state index in [0.717, 1.165) is 0 Å². The quantitative estimate of drug-likeness (QED) is 0.300. The van der Waals surface area contributed by atoms with Gasteiger partial charge >= 0.3 is 0 Å². The minimum Gasteiger partial charge on any atom is -0.369 e. The fourth-order valence-corrected chi connectivity index (χ4v) is 0.566. The van der Waals surface area contributed by atoms with Crippen LogP contribution >= 0.6 is 0 Å². The van der Waals surface area contributed by atoms with Crippen LogP contribution in [0.2, 0.25) is 0 Å². The van der Waals surface area contributed by atoms with Crippen LogP contribution in [0.25, 0.3) is 0 Å². The summed E-state index contributed by atoms with van der Waals surface area (Å²) in [6.07, 6.45) is 0. The first-order chi connectivity index (χ1) is 6.66. The van der Waals surface area contributed by atoms with Gasteiger partial charge in [-0.25, -0.2) is 0 Å². The lowest BCUT2D eigenvalue weighted by molar-refractivity contribution is -0.123. The molecule has 0 saturated heterocycles. The maximum Gasteiger partial charge on any atom is 0.243 e. The number of carbonyl (C=O) groups excluding carboxylic acids is 2. The van der Waals surface area contributed by atoms with Crippen LogP contribution in [-0.4, -0.2) is 44.9 Å². The molecule has 0 aromatic carbocycles. The van der Waals surface area contributed by atoms with Crippen LogP contribution < -0.4 is 16.8 Å². The molecule has 0 spiro atoms. The van der Waals surface area contributed by atoms with Gasteiger partial charge in [-0.05, 0) is 0 Å². The molecule has 0 bridgehead atoms. The number of ether oxygens (including phenoxy) is 2. The number of primary amides is 1. The second-order valence-electron chi connectivity index (χ2n) is 2.38. The molecule has 0 saturated carbocycles. The third-order valence-corrected chi connectivity index (χ3v) is 1.17. The number of nitrogens with one attached hydrogen (secondary N) is 1. The number of hydrogen-bond acceptors (Lipinski definition) is 5. The van der Waals surface area contributed by atoms with Crippen LogP contribution in [-0.2, 0) is 19.1 Å². The second-order valence-corrected chi connectivity index (χ2v) is 2.38. The lowest BCUT2D eigenvalue weighted by Gasteiger charge is -2.05. The SMILES string of the molecule is NCC(=O)NCOCCOCC(N)=O. The largest absolute Gasteiger partial charge is 0.369 e. The Morgan fingerprint density at radius 1 is 1.21 bits per heavy atom. The summed E-state index contributed by atoms with van der Waals surface area (Å²) in [5, 5.41) is 2.40. The predicted octanol–water partition coefficient (Wildman–Crippen LogP) is -2.46. The van der Waals surface area contributed by atoms with Crippen molar-refractivity contribution in [2.24, 2.45) is 11.5 Å². The summed E-state index contributed by atoms with van der Waals surface area (Å²) < 4.78 is 9.71. The van der Waals surface area contributed by atoms with Gasteiger partial charge in [0, 0.05) is 0 Å². The molecule has 0 aliphatic heterocycles. The Morgan fingerprint density at radius 2 is 1.86 bits per heavy atom. The van der Waals surface area contributed by atoms with Gasteiger partial charge in [-0.3, -0.25) is 9.59 Å². The van der Waals surface area contributed by atoms with Gasteiger partial charge in [0.1, 0.15) is 13.3 Å². The summed E-state index contributed by atoms with van der Waals surface area (Å²) in [7, 11) is 0. The zero-order chi connectivity index (χ0) is 10.8. The van der Waals surface area contributed by atoms with Crippen molar-refractivity contribution in [3.63, 3.8) is 0 Å². The first-order valence-corrected chi connectivity index (χ1v) is 4.07. The van der Waals surface area contributed by atoms with E-state index in [9.17, 15) is 9.59 Å². The molecule has 0 fully saturated rings. The van der Waals surface area contributed by atoms with Crippen molar-refractivity contribution in [2.45, 2.75) is 0 Å². The molecule has 0 aromatic rings. The van der Waals surface area contributed by atoms with Crippen LogP contribution in [0.3, 0.4) is 0 Å². The molecule has 7 heteroatoms. The molecule has 0 aliphatic carbocycles. The van der Waals surface area contributed by atoms with Gasteiger partial charge in [-0.2, -0.15) is 0 Å². The monoisotopic (exact) mass is 205 g/mol. The van der Waals surface area contributed by atoms with E-state index in [2.05, 4.69) is 5.32 Å². The molecule has 0 rings (SSSR count). The Morgan fingerprint density at radius 3 is 2.43 bits per heavy atom. The fraction of sp³-hybridized carbons (Fsp3) is 0.714. The summed E-state index contributed by atoms with van der Waals surface area (Å²) in [5.41, 5.74) is 9.84. The number of nitrogens with two attached hydrogens (primary N) is 2. The van der Waals surface area contributed by atoms with E-state index in [1.165, 1.54) is 0 Å². The van der Waals surface area contributed by atoms with Gasteiger partial charge < -0.3 is 26.3 Å². The Labute approximate surface area is 81.7 Å². The van der Waals surface area contributed by atoms with Crippen LogP contribution in [0.4, 0.5) is 0 Å². The molecular weight excluding hydrogens is 190 g/mol. The van der Waals surface area contributed by atoms with Crippen molar-refractivity contribution in [1.82, 2.24) is 5.32 Å². The lowest BCUT2D eigenvalue weighted by Crippen LogP contribution is -2.32. The molecule has 0 aliphatic rings. The van der Waals surface area contributed by atoms with E-state index in [1.807, 2.05) is 0 Å². The van der Waals surface area contributed by atoms with Crippen molar-refractivity contribution >= 4 is 11.8 Å². The normalized spacial score (nSPS) is 9.79. The highest BCUT2D eigenvalue weighted by Gasteiger charge is 1.96. The Bertz CT molecular complexity index is 186. The minimum atomic E-state index is -0.526. The summed E-state index contributed by atoms with van der Waals surface area (Å²) in [6.45, 7) is 0.412. The molecule has 2 amide bonds. The van der Waals surface area contributed by atoms with E-state index in [0.29, 0.717) is 0 Å². The fourth-order valence-electron chi connectivity index (χ4n) is 0.566.